The van der Waals surface area contributed by atoms with Crippen LogP contribution in [0.5, 0.6) is 0 Å². The number of hydrogen-bond donors (Lipinski definition) is 0. The fourth-order valence-corrected chi connectivity index (χ4v) is 9.75. The number of hydrogen-bond acceptors (Lipinski definition) is 2. The van der Waals surface area contributed by atoms with Crippen LogP contribution in [0.4, 0.5) is 0 Å². The lowest BCUT2D eigenvalue weighted by atomic mass is 9.89. The van der Waals surface area contributed by atoms with Crippen LogP contribution in [0.15, 0.2) is 140 Å². The van der Waals surface area contributed by atoms with Gasteiger partial charge in [0.25, 0.3) is 0 Å². The van der Waals surface area contributed by atoms with Gasteiger partial charge < -0.3 is 4.57 Å². The van der Waals surface area contributed by atoms with E-state index in [1.807, 2.05) is 108 Å². The lowest BCUT2D eigenvalue weighted by Crippen LogP contribution is -2.33. The number of nitrogens with zero attached hydrogens (tertiary/aromatic N) is 1. The van der Waals surface area contributed by atoms with Gasteiger partial charge in [-0.15, -0.1) is 0 Å². The monoisotopic (exact) mass is 537 g/mol. The van der Waals surface area contributed by atoms with Crippen LogP contribution >= 0.6 is 7.14 Å². The van der Waals surface area contributed by atoms with E-state index in [1.165, 1.54) is 0 Å². The Labute approximate surface area is 234 Å². The largest absolute Gasteiger partial charge is 0.313 e. The minimum Gasteiger partial charge on any atom is -0.313 e. The summed E-state index contributed by atoms with van der Waals surface area (Å²) in [7, 11) is -3.47. The third-order valence-electron chi connectivity index (χ3n) is 8.14. The van der Waals surface area contributed by atoms with Crippen molar-refractivity contribution in [3.05, 3.63) is 156 Å². The maximum absolute atomic E-state index is 15.8. The maximum atomic E-state index is 15.8. The Hall–Kier alpha value is -4.46. The number of fused-ring (bicyclic) bond motifs is 3. The SMILES string of the molecule is Cc1ccc2c(c1)c(-c1ccccc1)c1n2C(=O)[C@@H](P(=O)(c2ccccc2)c2ccccc2)[C@@H]1c1ccccc1. The molecule has 1 aliphatic heterocycles. The number of aromatic nitrogens is 1. The molecule has 0 bridgehead atoms. The molecule has 6 aromatic rings. The number of benzene rings is 5. The summed E-state index contributed by atoms with van der Waals surface area (Å²) in [5.41, 5.74) is 5.20. The lowest BCUT2D eigenvalue weighted by molar-refractivity contribution is 0.0930. The molecular formula is C36H28NO2P. The number of rotatable bonds is 5. The Balaban J connectivity index is 1.60. The number of carbonyl (C=O) groups excluding carboxylic acids is 1. The average Bonchev–Trinajstić information content (AvgIpc) is 3.50. The second-order valence-corrected chi connectivity index (χ2v) is 13.4. The third-order valence-corrected chi connectivity index (χ3v) is 11.6. The second kappa shape index (κ2) is 9.62. The van der Waals surface area contributed by atoms with Gasteiger partial charge in [-0.05, 0) is 30.2 Å². The Morgan fingerprint density at radius 3 is 1.75 bits per heavy atom. The van der Waals surface area contributed by atoms with Gasteiger partial charge in [-0.1, -0.05) is 133 Å². The molecule has 7 rings (SSSR count). The summed E-state index contributed by atoms with van der Waals surface area (Å²) < 4.78 is 17.7. The Morgan fingerprint density at radius 1 is 0.650 bits per heavy atom. The van der Waals surface area contributed by atoms with Crippen LogP contribution in [0.1, 0.15) is 27.5 Å². The highest BCUT2D eigenvalue weighted by Crippen LogP contribution is 2.60. The normalized spacial score (nSPS) is 16.8. The molecule has 2 atom stereocenters. The summed E-state index contributed by atoms with van der Waals surface area (Å²) in [5, 5.41) is 2.45. The molecule has 0 unspecified atom stereocenters. The van der Waals surface area contributed by atoms with Crippen molar-refractivity contribution in [1.29, 1.82) is 0 Å². The van der Waals surface area contributed by atoms with Gasteiger partial charge in [0.05, 0.1) is 5.52 Å². The van der Waals surface area contributed by atoms with Crippen molar-refractivity contribution in [2.45, 2.75) is 18.5 Å². The quantitative estimate of drug-likeness (QED) is 0.211. The van der Waals surface area contributed by atoms with Crippen LogP contribution in [0, 0.1) is 6.92 Å². The van der Waals surface area contributed by atoms with Crippen LogP contribution in [-0.2, 0) is 4.57 Å². The molecular weight excluding hydrogens is 509 g/mol. The summed E-state index contributed by atoms with van der Waals surface area (Å²) in [6.07, 6.45) is 0. The van der Waals surface area contributed by atoms with E-state index in [0.717, 1.165) is 38.9 Å². The molecule has 0 amide bonds. The van der Waals surface area contributed by atoms with Crippen molar-refractivity contribution >= 4 is 34.6 Å². The zero-order valence-electron chi connectivity index (χ0n) is 22.1. The molecule has 0 saturated heterocycles. The molecule has 5 aromatic carbocycles. The summed E-state index contributed by atoms with van der Waals surface area (Å²) in [6, 6.07) is 45.8. The molecule has 1 aliphatic rings. The summed E-state index contributed by atoms with van der Waals surface area (Å²) in [5.74, 6) is -0.515. The highest BCUT2D eigenvalue weighted by Gasteiger charge is 2.54. The molecule has 0 radical (unpaired) electrons. The van der Waals surface area contributed by atoms with E-state index in [-0.39, 0.29) is 5.91 Å². The van der Waals surface area contributed by atoms with E-state index in [1.54, 1.807) is 0 Å². The topological polar surface area (TPSA) is 39.1 Å². The lowest BCUT2D eigenvalue weighted by Gasteiger charge is -2.29. The van der Waals surface area contributed by atoms with Crippen LogP contribution in [0.3, 0.4) is 0 Å². The third kappa shape index (κ3) is 3.66. The average molecular weight is 538 g/mol. The smallest absolute Gasteiger partial charge is 0.243 e. The molecule has 194 valence electrons. The molecule has 0 N–H and O–H groups in total. The predicted molar refractivity (Wildman–Crippen MR) is 165 cm³/mol. The highest BCUT2D eigenvalue weighted by atomic mass is 31.2. The minimum absolute atomic E-state index is 0.115. The predicted octanol–water partition coefficient (Wildman–Crippen LogP) is 7.79. The maximum Gasteiger partial charge on any atom is 0.243 e. The summed E-state index contributed by atoms with van der Waals surface area (Å²) >= 11 is 0. The van der Waals surface area contributed by atoms with E-state index in [9.17, 15) is 4.79 Å². The van der Waals surface area contributed by atoms with Crippen LogP contribution in [0.2, 0.25) is 0 Å². The summed E-state index contributed by atoms with van der Waals surface area (Å²) in [6.45, 7) is 2.08. The van der Waals surface area contributed by atoms with Crippen molar-refractivity contribution < 1.29 is 9.36 Å². The first-order valence-electron chi connectivity index (χ1n) is 13.6. The van der Waals surface area contributed by atoms with E-state index in [0.29, 0.717) is 10.6 Å². The highest BCUT2D eigenvalue weighted by molar-refractivity contribution is 7.80. The Kier molecular flexibility index (Phi) is 5.91. The molecule has 0 aliphatic carbocycles. The molecule has 3 nitrogen and oxygen atoms in total. The molecule has 0 saturated carbocycles. The van der Waals surface area contributed by atoms with Crippen LogP contribution in [0.25, 0.3) is 22.0 Å². The van der Waals surface area contributed by atoms with Crippen LogP contribution in [-0.4, -0.2) is 16.1 Å². The van der Waals surface area contributed by atoms with Gasteiger partial charge in [0.1, 0.15) is 5.66 Å². The number of carbonyl (C=O) groups is 1. The first-order chi connectivity index (χ1) is 19.6. The van der Waals surface area contributed by atoms with Crippen molar-refractivity contribution in [3.8, 4) is 11.1 Å². The second-order valence-electron chi connectivity index (χ2n) is 10.5. The first kappa shape index (κ1) is 24.6. The van der Waals surface area contributed by atoms with Gasteiger partial charge in [-0.2, -0.15) is 0 Å². The first-order valence-corrected chi connectivity index (χ1v) is 15.4. The van der Waals surface area contributed by atoms with Crippen LogP contribution < -0.4 is 10.6 Å². The van der Waals surface area contributed by atoms with Crippen molar-refractivity contribution in [1.82, 2.24) is 4.57 Å². The summed E-state index contributed by atoms with van der Waals surface area (Å²) in [4.78, 5) is 14.9. The van der Waals surface area contributed by atoms with E-state index in [4.69, 9.17) is 0 Å². The fourth-order valence-electron chi connectivity index (χ4n) is 6.42. The molecule has 1 aromatic heterocycles. The van der Waals surface area contributed by atoms with Gasteiger partial charge in [0.15, 0.2) is 7.14 Å². The van der Waals surface area contributed by atoms with E-state index < -0.39 is 18.7 Å². The Bertz CT molecular complexity index is 1850. The molecule has 0 spiro atoms. The molecule has 40 heavy (non-hydrogen) atoms. The van der Waals surface area contributed by atoms with E-state index >= 15 is 4.57 Å². The van der Waals surface area contributed by atoms with Gasteiger partial charge >= 0.3 is 0 Å². The number of aryl methyl sites for hydroxylation is 1. The molecule has 4 heteroatoms. The zero-order chi connectivity index (χ0) is 27.3. The minimum atomic E-state index is -3.47. The molecule has 2 heterocycles. The molecule has 0 fully saturated rings. The van der Waals surface area contributed by atoms with E-state index in [2.05, 4.69) is 43.3 Å². The Morgan fingerprint density at radius 2 is 1.18 bits per heavy atom. The van der Waals surface area contributed by atoms with Gasteiger partial charge in [0, 0.05) is 33.2 Å². The van der Waals surface area contributed by atoms with Gasteiger partial charge in [0.2, 0.25) is 5.91 Å². The van der Waals surface area contributed by atoms with Crippen molar-refractivity contribution in [2.24, 2.45) is 0 Å². The zero-order valence-corrected chi connectivity index (χ0v) is 23.0. The van der Waals surface area contributed by atoms with Gasteiger partial charge in [-0.25, -0.2) is 0 Å². The standard InChI is InChI=1S/C36H28NO2P/c1-25-22-23-31-30(24-25)32(26-14-6-2-7-15-26)34-33(27-16-8-3-9-17-27)35(36(38)37(31)34)40(39,28-18-10-4-11-19-28)29-20-12-5-13-21-29/h2-24,33,35H,1H3/t33-,35+/m1/s1. The van der Waals surface area contributed by atoms with Gasteiger partial charge in [-0.3, -0.25) is 9.36 Å². The fraction of sp³-hybridized carbons (Fsp3) is 0.0833. The van der Waals surface area contributed by atoms with Crippen molar-refractivity contribution in [2.75, 3.05) is 0 Å². The van der Waals surface area contributed by atoms with Crippen molar-refractivity contribution in [3.63, 3.8) is 0 Å².